The number of ether oxygens (including phenoxy) is 2. The number of carbonyl (C=O) groups excluding carboxylic acids is 1. The first-order chi connectivity index (χ1) is 4.84. The van der Waals surface area contributed by atoms with Crippen molar-refractivity contribution in [3.63, 3.8) is 0 Å². The van der Waals surface area contributed by atoms with Crippen molar-refractivity contribution in [2.24, 2.45) is 0 Å². The van der Waals surface area contributed by atoms with Gasteiger partial charge in [-0.2, -0.15) is 0 Å². The Morgan fingerprint density at radius 2 is 2.70 bits per heavy atom. The molecule has 0 aliphatic carbocycles. The van der Waals surface area contributed by atoms with E-state index in [1.54, 1.807) is 6.92 Å². The van der Waals surface area contributed by atoms with Gasteiger partial charge >= 0.3 is 5.97 Å². The lowest BCUT2D eigenvalue weighted by atomic mass is 10.3. The average molecular weight is 142 g/mol. The number of hydrogen-bond acceptors (Lipinski definition) is 3. The first kappa shape index (κ1) is 7.12. The van der Waals surface area contributed by atoms with Crippen molar-refractivity contribution in [1.29, 1.82) is 0 Å². The predicted molar refractivity (Wildman–Crippen MR) is 35.3 cm³/mol. The third kappa shape index (κ3) is 1.50. The summed E-state index contributed by atoms with van der Waals surface area (Å²) >= 11 is 0. The van der Waals surface area contributed by atoms with Gasteiger partial charge in [-0.15, -0.1) is 0 Å². The van der Waals surface area contributed by atoms with Crippen LogP contribution >= 0.6 is 0 Å². The van der Waals surface area contributed by atoms with E-state index in [1.807, 2.05) is 6.08 Å². The van der Waals surface area contributed by atoms with Crippen molar-refractivity contribution in [3.8, 4) is 0 Å². The normalized spacial score (nSPS) is 22.3. The summed E-state index contributed by atoms with van der Waals surface area (Å²) < 4.78 is 9.63. The van der Waals surface area contributed by atoms with Crippen LogP contribution in [0.3, 0.4) is 0 Å². The molecule has 0 bridgehead atoms. The van der Waals surface area contributed by atoms with E-state index in [0.29, 0.717) is 13.0 Å². The quantitative estimate of drug-likeness (QED) is 0.536. The van der Waals surface area contributed by atoms with Gasteiger partial charge in [-0.3, -0.25) is 0 Å². The SMILES string of the molecule is CCOC(=O)C1CC=CO1. The second kappa shape index (κ2) is 3.25. The van der Waals surface area contributed by atoms with Crippen molar-refractivity contribution in [3.05, 3.63) is 12.3 Å². The van der Waals surface area contributed by atoms with Crippen molar-refractivity contribution in [2.45, 2.75) is 19.4 Å². The zero-order valence-corrected chi connectivity index (χ0v) is 5.87. The molecule has 1 rings (SSSR count). The van der Waals surface area contributed by atoms with Crippen LogP contribution in [-0.2, 0) is 14.3 Å². The molecule has 3 nitrogen and oxygen atoms in total. The predicted octanol–water partition coefficient (Wildman–Crippen LogP) is 0.852. The number of rotatable bonds is 2. The second-order valence-electron chi connectivity index (χ2n) is 1.98. The lowest BCUT2D eigenvalue weighted by Gasteiger charge is -2.07. The largest absolute Gasteiger partial charge is 0.486 e. The van der Waals surface area contributed by atoms with Gasteiger partial charge in [0.2, 0.25) is 0 Å². The van der Waals surface area contributed by atoms with Crippen LogP contribution in [0.15, 0.2) is 12.3 Å². The van der Waals surface area contributed by atoms with Crippen molar-refractivity contribution >= 4 is 5.97 Å². The molecule has 0 spiro atoms. The highest BCUT2D eigenvalue weighted by Crippen LogP contribution is 2.09. The molecule has 0 saturated carbocycles. The topological polar surface area (TPSA) is 35.5 Å². The Balaban J connectivity index is 2.28. The monoisotopic (exact) mass is 142 g/mol. The fraction of sp³-hybridized carbons (Fsp3) is 0.571. The van der Waals surface area contributed by atoms with Gasteiger partial charge in [0.15, 0.2) is 6.10 Å². The fourth-order valence-electron chi connectivity index (χ4n) is 0.772. The molecule has 1 aliphatic heterocycles. The van der Waals surface area contributed by atoms with Gasteiger partial charge in [0.25, 0.3) is 0 Å². The van der Waals surface area contributed by atoms with Gasteiger partial charge in [-0.05, 0) is 13.0 Å². The molecule has 0 aromatic carbocycles. The molecule has 10 heavy (non-hydrogen) atoms. The van der Waals surface area contributed by atoms with Gasteiger partial charge in [0.05, 0.1) is 12.9 Å². The van der Waals surface area contributed by atoms with Crippen LogP contribution in [-0.4, -0.2) is 18.7 Å². The zero-order valence-electron chi connectivity index (χ0n) is 5.87. The van der Waals surface area contributed by atoms with Gasteiger partial charge in [0, 0.05) is 6.42 Å². The third-order valence-electron chi connectivity index (χ3n) is 1.24. The standard InChI is InChI=1S/C7H10O3/c1-2-9-7(8)6-4-3-5-10-6/h3,5-6H,2,4H2,1H3. The maximum atomic E-state index is 10.9. The Hall–Kier alpha value is -0.990. The molecule has 56 valence electrons. The Bertz CT molecular complexity index is 143. The molecule has 0 radical (unpaired) electrons. The summed E-state index contributed by atoms with van der Waals surface area (Å²) in [6, 6.07) is 0. The van der Waals surface area contributed by atoms with Crippen LogP contribution in [0.1, 0.15) is 13.3 Å². The molecule has 0 N–H and O–H groups in total. The van der Waals surface area contributed by atoms with Crippen LogP contribution in [0, 0.1) is 0 Å². The van der Waals surface area contributed by atoms with Crippen molar-refractivity contribution < 1.29 is 14.3 Å². The average Bonchev–Trinajstić information content (AvgIpc) is 2.38. The zero-order chi connectivity index (χ0) is 7.40. The molecular weight excluding hydrogens is 132 g/mol. The molecule has 0 amide bonds. The van der Waals surface area contributed by atoms with E-state index < -0.39 is 0 Å². The van der Waals surface area contributed by atoms with E-state index in [9.17, 15) is 4.79 Å². The molecule has 3 heteroatoms. The Labute approximate surface area is 59.6 Å². The summed E-state index contributed by atoms with van der Waals surface area (Å²) in [5, 5.41) is 0. The Morgan fingerprint density at radius 1 is 1.90 bits per heavy atom. The van der Waals surface area contributed by atoms with E-state index in [1.165, 1.54) is 6.26 Å². The van der Waals surface area contributed by atoms with Gasteiger partial charge in [0.1, 0.15) is 0 Å². The summed E-state index contributed by atoms with van der Waals surface area (Å²) in [5.41, 5.74) is 0. The fourth-order valence-corrected chi connectivity index (χ4v) is 0.772. The van der Waals surface area contributed by atoms with Gasteiger partial charge in [-0.25, -0.2) is 4.79 Å². The van der Waals surface area contributed by atoms with Gasteiger partial charge in [-0.1, -0.05) is 0 Å². The molecule has 0 saturated heterocycles. The van der Waals surface area contributed by atoms with Crippen LogP contribution in [0.4, 0.5) is 0 Å². The molecule has 0 aromatic rings. The molecule has 0 fully saturated rings. The van der Waals surface area contributed by atoms with E-state index in [-0.39, 0.29) is 12.1 Å². The van der Waals surface area contributed by atoms with Crippen LogP contribution in [0.25, 0.3) is 0 Å². The number of esters is 1. The molecule has 1 atom stereocenters. The summed E-state index contributed by atoms with van der Waals surface area (Å²) in [7, 11) is 0. The Morgan fingerprint density at radius 3 is 3.20 bits per heavy atom. The van der Waals surface area contributed by atoms with Crippen LogP contribution in [0.5, 0.6) is 0 Å². The number of hydrogen-bond donors (Lipinski definition) is 0. The lowest BCUT2D eigenvalue weighted by Crippen LogP contribution is -2.21. The third-order valence-corrected chi connectivity index (χ3v) is 1.24. The summed E-state index contributed by atoms with van der Waals surface area (Å²) in [6.45, 7) is 2.19. The molecule has 1 unspecified atom stereocenters. The highest BCUT2D eigenvalue weighted by Gasteiger charge is 2.21. The van der Waals surface area contributed by atoms with Crippen LogP contribution in [0.2, 0.25) is 0 Å². The first-order valence-electron chi connectivity index (χ1n) is 3.31. The number of carbonyl (C=O) groups is 1. The molecule has 1 aliphatic rings. The maximum absolute atomic E-state index is 10.9. The minimum Gasteiger partial charge on any atom is -0.486 e. The molecular formula is C7H10O3. The second-order valence-corrected chi connectivity index (χ2v) is 1.98. The minimum atomic E-state index is -0.389. The summed E-state index contributed by atoms with van der Waals surface area (Å²) in [4.78, 5) is 10.9. The smallest absolute Gasteiger partial charge is 0.347 e. The maximum Gasteiger partial charge on any atom is 0.347 e. The lowest BCUT2D eigenvalue weighted by molar-refractivity contribution is -0.152. The summed E-state index contributed by atoms with van der Waals surface area (Å²) in [6.07, 6.45) is 3.59. The van der Waals surface area contributed by atoms with E-state index in [2.05, 4.69) is 0 Å². The van der Waals surface area contributed by atoms with E-state index in [4.69, 9.17) is 9.47 Å². The highest BCUT2D eigenvalue weighted by atomic mass is 16.6. The van der Waals surface area contributed by atoms with Crippen LogP contribution < -0.4 is 0 Å². The molecule has 1 heterocycles. The summed E-state index contributed by atoms with van der Waals surface area (Å²) in [5.74, 6) is -0.271. The first-order valence-corrected chi connectivity index (χ1v) is 3.31. The minimum absolute atomic E-state index is 0.271. The molecule has 0 aromatic heterocycles. The van der Waals surface area contributed by atoms with Crippen molar-refractivity contribution in [1.82, 2.24) is 0 Å². The van der Waals surface area contributed by atoms with Gasteiger partial charge < -0.3 is 9.47 Å². The van der Waals surface area contributed by atoms with E-state index >= 15 is 0 Å². The van der Waals surface area contributed by atoms with E-state index in [0.717, 1.165) is 0 Å². The van der Waals surface area contributed by atoms with Crippen molar-refractivity contribution in [2.75, 3.05) is 6.61 Å². The highest BCUT2D eigenvalue weighted by molar-refractivity contribution is 5.75. The Kier molecular flexibility index (Phi) is 2.31.